The molecule has 1 unspecified atom stereocenters. The van der Waals surface area contributed by atoms with E-state index in [1.165, 1.54) is 12.3 Å². The minimum absolute atomic E-state index is 0.102. The van der Waals surface area contributed by atoms with E-state index in [-0.39, 0.29) is 29.5 Å². The average Bonchev–Trinajstić information content (AvgIpc) is 2.92. The molecule has 2 fully saturated rings. The Bertz CT molecular complexity index is 553. The Morgan fingerprint density at radius 3 is 2.78 bits per heavy atom. The minimum atomic E-state index is -0.320. The summed E-state index contributed by atoms with van der Waals surface area (Å²) < 4.78 is 24.3. The second-order valence-corrected chi connectivity index (χ2v) is 6.72. The number of aromatic nitrogens is 1. The molecule has 23 heavy (non-hydrogen) atoms. The zero-order valence-corrected chi connectivity index (χ0v) is 13.6. The van der Waals surface area contributed by atoms with E-state index in [2.05, 4.69) is 4.98 Å². The highest BCUT2D eigenvalue weighted by Crippen LogP contribution is 2.42. The molecule has 6 heteroatoms. The van der Waals surface area contributed by atoms with Gasteiger partial charge in [0, 0.05) is 24.7 Å². The van der Waals surface area contributed by atoms with Crippen LogP contribution in [0.1, 0.15) is 44.7 Å². The number of nitrogens with zero attached hydrogens (tertiary/aromatic N) is 2. The van der Waals surface area contributed by atoms with Gasteiger partial charge in [0.2, 0.25) is 0 Å². The fourth-order valence-corrected chi connectivity index (χ4v) is 3.38. The summed E-state index contributed by atoms with van der Waals surface area (Å²) in [4.78, 5) is 17.9. The van der Waals surface area contributed by atoms with Gasteiger partial charge >= 0.3 is 6.09 Å². The lowest BCUT2D eigenvalue weighted by Gasteiger charge is -2.38. The van der Waals surface area contributed by atoms with Crippen molar-refractivity contribution in [3.8, 4) is 0 Å². The predicted molar refractivity (Wildman–Crippen MR) is 82.7 cm³/mol. The molecule has 2 aliphatic heterocycles. The third kappa shape index (κ3) is 3.63. The van der Waals surface area contributed by atoms with Crippen LogP contribution in [-0.4, -0.2) is 47.4 Å². The van der Waals surface area contributed by atoms with E-state index >= 15 is 0 Å². The lowest BCUT2D eigenvalue weighted by Crippen LogP contribution is -2.47. The highest BCUT2D eigenvalue weighted by Gasteiger charge is 2.44. The van der Waals surface area contributed by atoms with Crippen molar-refractivity contribution in [1.82, 2.24) is 9.88 Å². The lowest BCUT2D eigenvalue weighted by molar-refractivity contribution is -0.0433. The van der Waals surface area contributed by atoms with Crippen LogP contribution in [0.15, 0.2) is 18.3 Å². The highest BCUT2D eigenvalue weighted by molar-refractivity contribution is 5.67. The first kappa shape index (κ1) is 16.2. The molecular weight excluding hydrogens is 299 g/mol. The quantitative estimate of drug-likeness (QED) is 0.839. The Labute approximate surface area is 135 Å². The molecule has 0 bridgehead atoms. The second kappa shape index (κ2) is 6.43. The van der Waals surface area contributed by atoms with Crippen LogP contribution >= 0.6 is 0 Å². The molecule has 1 aromatic rings. The summed E-state index contributed by atoms with van der Waals surface area (Å²) in [6, 6.07) is 3.18. The Morgan fingerprint density at radius 1 is 1.43 bits per heavy atom. The van der Waals surface area contributed by atoms with E-state index in [0.29, 0.717) is 19.7 Å². The largest absolute Gasteiger partial charge is 0.447 e. The Hall–Kier alpha value is -1.69. The van der Waals surface area contributed by atoms with Gasteiger partial charge in [-0.1, -0.05) is 0 Å². The summed E-state index contributed by atoms with van der Waals surface area (Å²) in [5.41, 5.74) is 0.694. The molecule has 126 valence electrons. The van der Waals surface area contributed by atoms with Crippen LogP contribution in [0.25, 0.3) is 0 Å². The van der Waals surface area contributed by atoms with Gasteiger partial charge in [-0.15, -0.1) is 0 Å². The van der Waals surface area contributed by atoms with Crippen molar-refractivity contribution in [1.29, 1.82) is 0 Å². The zero-order valence-electron chi connectivity index (χ0n) is 13.6. The van der Waals surface area contributed by atoms with Crippen molar-refractivity contribution in [2.45, 2.75) is 50.7 Å². The first-order chi connectivity index (χ1) is 11.0. The van der Waals surface area contributed by atoms with Gasteiger partial charge in [-0.05, 0) is 45.2 Å². The number of piperidine rings is 1. The van der Waals surface area contributed by atoms with Crippen LogP contribution in [0.2, 0.25) is 0 Å². The molecule has 0 radical (unpaired) electrons. The number of hydrogen-bond acceptors (Lipinski definition) is 4. The normalized spacial score (nSPS) is 23.5. The van der Waals surface area contributed by atoms with Gasteiger partial charge in [0.05, 0.1) is 24.5 Å². The summed E-state index contributed by atoms with van der Waals surface area (Å²) >= 11 is 0. The molecule has 1 amide bonds. The molecule has 2 saturated heterocycles. The monoisotopic (exact) mass is 322 g/mol. The van der Waals surface area contributed by atoms with Gasteiger partial charge in [0.25, 0.3) is 0 Å². The van der Waals surface area contributed by atoms with E-state index in [1.54, 1.807) is 11.0 Å². The maximum Gasteiger partial charge on any atom is 0.410 e. The summed E-state index contributed by atoms with van der Waals surface area (Å²) in [6.45, 7) is 5.60. The summed E-state index contributed by atoms with van der Waals surface area (Å²) in [5, 5.41) is 0. The number of carbonyl (C=O) groups excluding carboxylic acids is 1. The number of pyridine rings is 1. The van der Waals surface area contributed by atoms with E-state index in [4.69, 9.17) is 9.47 Å². The molecule has 0 saturated carbocycles. The van der Waals surface area contributed by atoms with Crippen LogP contribution in [0.4, 0.5) is 9.18 Å². The van der Waals surface area contributed by atoms with Gasteiger partial charge in [-0.25, -0.2) is 9.18 Å². The Balaban J connectivity index is 1.57. The minimum Gasteiger partial charge on any atom is -0.447 e. The number of rotatable bonds is 2. The van der Waals surface area contributed by atoms with Crippen molar-refractivity contribution in [2.75, 3.05) is 19.7 Å². The van der Waals surface area contributed by atoms with Gasteiger partial charge in [-0.2, -0.15) is 0 Å². The van der Waals surface area contributed by atoms with E-state index in [9.17, 15) is 9.18 Å². The Kier molecular flexibility index (Phi) is 4.53. The van der Waals surface area contributed by atoms with Crippen molar-refractivity contribution in [2.24, 2.45) is 0 Å². The van der Waals surface area contributed by atoms with Gasteiger partial charge in [0.1, 0.15) is 5.82 Å². The van der Waals surface area contributed by atoms with Crippen molar-refractivity contribution >= 4 is 6.09 Å². The summed E-state index contributed by atoms with van der Waals surface area (Å²) in [5.74, 6) is -0.121. The third-order valence-corrected chi connectivity index (χ3v) is 4.65. The molecule has 0 N–H and O–H groups in total. The van der Waals surface area contributed by atoms with E-state index < -0.39 is 0 Å². The smallest absolute Gasteiger partial charge is 0.410 e. The van der Waals surface area contributed by atoms with E-state index in [1.807, 2.05) is 13.8 Å². The highest BCUT2D eigenvalue weighted by atomic mass is 19.1. The third-order valence-electron chi connectivity index (χ3n) is 4.65. The number of likely N-dealkylation sites (tertiary alicyclic amines) is 1. The van der Waals surface area contributed by atoms with Crippen LogP contribution in [0.3, 0.4) is 0 Å². The molecule has 1 aromatic heterocycles. The van der Waals surface area contributed by atoms with E-state index in [0.717, 1.165) is 25.0 Å². The molecule has 1 atom stereocenters. The lowest BCUT2D eigenvalue weighted by atomic mass is 9.84. The maximum absolute atomic E-state index is 13.0. The zero-order chi connectivity index (χ0) is 16.4. The Morgan fingerprint density at radius 2 is 2.17 bits per heavy atom. The van der Waals surface area contributed by atoms with Crippen molar-refractivity contribution < 1.29 is 18.7 Å². The molecule has 0 aliphatic carbocycles. The number of halogens is 1. The second-order valence-electron chi connectivity index (χ2n) is 6.72. The van der Waals surface area contributed by atoms with Gasteiger partial charge in [0.15, 0.2) is 0 Å². The molecule has 2 aliphatic rings. The summed E-state index contributed by atoms with van der Waals surface area (Å²) in [7, 11) is 0. The average molecular weight is 322 g/mol. The van der Waals surface area contributed by atoms with Gasteiger partial charge < -0.3 is 14.4 Å². The molecule has 0 aromatic carbocycles. The predicted octanol–water partition coefficient (Wildman–Crippen LogP) is 3.10. The van der Waals surface area contributed by atoms with Crippen LogP contribution in [0, 0.1) is 5.82 Å². The number of carbonyl (C=O) groups is 1. The molecule has 3 heterocycles. The van der Waals surface area contributed by atoms with Crippen LogP contribution in [-0.2, 0) is 9.47 Å². The van der Waals surface area contributed by atoms with Crippen LogP contribution < -0.4 is 0 Å². The maximum atomic E-state index is 13.0. The first-order valence-corrected chi connectivity index (χ1v) is 8.18. The topological polar surface area (TPSA) is 51.7 Å². The number of amides is 1. The van der Waals surface area contributed by atoms with Crippen molar-refractivity contribution in [3.63, 3.8) is 0 Å². The number of hydrogen-bond donors (Lipinski definition) is 0. The molecular formula is C17H23FN2O3. The van der Waals surface area contributed by atoms with Crippen molar-refractivity contribution in [3.05, 3.63) is 29.8 Å². The fraction of sp³-hybridized carbons (Fsp3) is 0.647. The molecule has 3 rings (SSSR count). The van der Waals surface area contributed by atoms with Crippen LogP contribution in [0.5, 0.6) is 0 Å². The summed E-state index contributed by atoms with van der Waals surface area (Å²) in [6.07, 6.45) is 3.39. The first-order valence-electron chi connectivity index (χ1n) is 8.18. The van der Waals surface area contributed by atoms with Gasteiger partial charge in [-0.3, -0.25) is 4.98 Å². The molecule has 1 spiro atoms. The SMILES string of the molecule is CC(C)OC(=O)N1CCC2(CC1)CC(c1ccc(F)cn1)CO2. The number of ether oxygens (including phenoxy) is 2. The standard InChI is InChI=1S/C17H23FN2O3/c1-12(2)23-16(21)20-7-5-17(6-8-20)9-13(11-22-17)15-4-3-14(18)10-19-15/h3-4,10,12-13H,5-9,11H2,1-2H3. The fourth-order valence-electron chi connectivity index (χ4n) is 3.38. The molecule has 5 nitrogen and oxygen atoms in total.